The van der Waals surface area contributed by atoms with Gasteiger partial charge in [0.05, 0.1) is 49.6 Å². The maximum absolute atomic E-state index is 13.9. The van der Waals surface area contributed by atoms with E-state index in [2.05, 4.69) is 19.9 Å². The van der Waals surface area contributed by atoms with Gasteiger partial charge in [-0.2, -0.15) is 0 Å². The number of nitrogen functional groups attached to an aromatic ring is 1. The van der Waals surface area contributed by atoms with Crippen molar-refractivity contribution in [1.82, 2.24) is 19.9 Å². The molecule has 0 atom stereocenters. The van der Waals surface area contributed by atoms with Crippen molar-refractivity contribution in [3.05, 3.63) is 111 Å². The highest BCUT2D eigenvalue weighted by molar-refractivity contribution is 6.36. The quantitative estimate of drug-likeness (QED) is 0.205. The molecule has 0 bridgehead atoms. The molecule has 2 N–H and O–H groups in total. The number of hydrogen-bond acceptors (Lipinski definition) is 5. The third-order valence-corrected chi connectivity index (χ3v) is 7.24. The van der Waals surface area contributed by atoms with Crippen molar-refractivity contribution in [1.29, 1.82) is 0 Å². The minimum atomic E-state index is -0.968. The first kappa shape index (κ1) is 28.9. The second kappa shape index (κ2) is 11.3. The van der Waals surface area contributed by atoms with Crippen LogP contribution in [0.15, 0.2) is 60.7 Å². The lowest BCUT2D eigenvalue weighted by Crippen LogP contribution is -2.02. The van der Waals surface area contributed by atoms with E-state index in [1.165, 1.54) is 12.1 Å². The highest BCUT2D eigenvalue weighted by atomic mass is 35.5. The first-order valence-electron chi connectivity index (χ1n) is 12.8. The Labute approximate surface area is 244 Å². The minimum Gasteiger partial charge on any atom is -0.398 e. The van der Waals surface area contributed by atoms with Gasteiger partial charge in [0.25, 0.3) is 0 Å². The number of halogens is 5. The zero-order chi connectivity index (χ0) is 30.3. The van der Waals surface area contributed by atoms with Crippen molar-refractivity contribution in [3.8, 4) is 22.8 Å². The largest absolute Gasteiger partial charge is 0.398 e. The average Bonchev–Trinajstić information content (AvgIpc) is 2.94. The molecule has 0 radical (unpaired) electrons. The van der Waals surface area contributed by atoms with Gasteiger partial charge < -0.3 is 5.73 Å². The summed E-state index contributed by atoms with van der Waals surface area (Å²) in [6.45, 7) is 7.21. The fourth-order valence-electron chi connectivity index (χ4n) is 4.62. The molecule has 0 amide bonds. The number of nitrogens with two attached hydrogens (primary N) is 1. The van der Waals surface area contributed by atoms with Crippen LogP contribution in [0.2, 0.25) is 5.02 Å². The Bertz CT molecular complexity index is 2010. The maximum atomic E-state index is 13.9. The lowest BCUT2D eigenvalue weighted by atomic mass is 10.0. The molecule has 0 fully saturated rings. The summed E-state index contributed by atoms with van der Waals surface area (Å²) in [5.41, 5.74) is 11.9. The molecule has 2 aromatic carbocycles. The van der Waals surface area contributed by atoms with E-state index in [1.807, 2.05) is 44.2 Å². The molecule has 212 valence electrons. The van der Waals surface area contributed by atoms with E-state index in [9.17, 15) is 17.6 Å². The molecular weight excluding hydrogens is 566 g/mol. The molecule has 0 unspecified atom stereocenters. The Kier molecular flexibility index (Phi) is 7.79. The number of benzene rings is 2. The number of rotatable bonds is 2. The molecule has 0 spiro atoms. The summed E-state index contributed by atoms with van der Waals surface area (Å²) in [4.78, 5) is 17.5. The van der Waals surface area contributed by atoms with Gasteiger partial charge in [0, 0.05) is 34.8 Å². The Balaban J connectivity index is 0.000000168. The van der Waals surface area contributed by atoms with Gasteiger partial charge >= 0.3 is 0 Å². The Hall–Kier alpha value is -4.63. The van der Waals surface area contributed by atoms with Crippen molar-refractivity contribution < 1.29 is 17.6 Å². The van der Waals surface area contributed by atoms with Crippen LogP contribution in [0.4, 0.5) is 23.2 Å². The number of aryl methyl sites for hydroxylation is 2. The number of nitrogens with zero attached hydrogens (tertiary/aromatic N) is 4. The molecule has 0 saturated heterocycles. The summed E-state index contributed by atoms with van der Waals surface area (Å²) in [7, 11) is 0. The molecule has 0 aliphatic carbocycles. The molecule has 42 heavy (non-hydrogen) atoms. The van der Waals surface area contributed by atoms with Crippen LogP contribution in [-0.4, -0.2) is 19.9 Å². The fraction of sp³-hybridized carbons (Fsp3) is 0.125. The molecule has 10 heteroatoms. The number of aromatic nitrogens is 4. The molecule has 4 heterocycles. The second-order valence-corrected chi connectivity index (χ2v) is 10.1. The van der Waals surface area contributed by atoms with Crippen LogP contribution in [0, 0.1) is 51.0 Å². The van der Waals surface area contributed by atoms with E-state index >= 15 is 0 Å². The molecule has 6 aromatic rings. The number of anilines is 1. The summed E-state index contributed by atoms with van der Waals surface area (Å²) in [5.74, 6) is -3.30. The van der Waals surface area contributed by atoms with Crippen molar-refractivity contribution in [2.75, 3.05) is 5.73 Å². The third-order valence-electron chi connectivity index (χ3n) is 6.77. The van der Waals surface area contributed by atoms with Crippen molar-refractivity contribution in [2.45, 2.75) is 27.7 Å². The van der Waals surface area contributed by atoms with E-state index < -0.39 is 23.3 Å². The average molecular weight is 590 g/mol. The lowest BCUT2D eigenvalue weighted by molar-refractivity contribution is 0.517. The zero-order valence-electron chi connectivity index (χ0n) is 23.0. The SMILES string of the molecule is Cc1cccc(-c2nc3cc(F)cc(F)c3c(Cl)c2C)n1.Cc1cccc(-c2nc3ccc(F)c(F)c3c(N)c2C)n1. The molecule has 4 aromatic heterocycles. The Morgan fingerprint density at radius 1 is 0.619 bits per heavy atom. The van der Waals surface area contributed by atoms with Crippen LogP contribution in [0.3, 0.4) is 0 Å². The predicted molar refractivity (Wildman–Crippen MR) is 158 cm³/mol. The van der Waals surface area contributed by atoms with Crippen LogP contribution in [0.1, 0.15) is 22.5 Å². The van der Waals surface area contributed by atoms with Crippen molar-refractivity contribution >= 4 is 39.1 Å². The van der Waals surface area contributed by atoms with Crippen molar-refractivity contribution in [2.24, 2.45) is 0 Å². The Morgan fingerprint density at radius 3 is 1.79 bits per heavy atom. The number of pyridine rings is 4. The van der Waals surface area contributed by atoms with E-state index in [0.29, 0.717) is 39.4 Å². The summed E-state index contributed by atoms with van der Waals surface area (Å²) < 4.78 is 54.6. The van der Waals surface area contributed by atoms with Crippen LogP contribution < -0.4 is 5.73 Å². The van der Waals surface area contributed by atoms with Crippen LogP contribution in [0.5, 0.6) is 0 Å². The van der Waals surface area contributed by atoms with Gasteiger partial charge in [-0.05, 0) is 69.7 Å². The van der Waals surface area contributed by atoms with Gasteiger partial charge in [0.1, 0.15) is 11.6 Å². The standard InChI is InChI=1S/C16H11ClF2N2.C16H13F2N3/c1-8-4-3-5-12(20-8)16-9(2)15(17)14-11(19)6-10(18)7-13(14)21-16;1-8-4-3-5-12(20-8)16-9(2)15(19)13-11(21-16)7-6-10(17)14(13)18/h3-7H,1-2H3;3-7H,1-2H3,(H2,19,21). The van der Waals surface area contributed by atoms with E-state index in [-0.39, 0.29) is 27.0 Å². The zero-order valence-corrected chi connectivity index (χ0v) is 23.8. The van der Waals surface area contributed by atoms with E-state index in [1.54, 1.807) is 19.9 Å². The lowest BCUT2D eigenvalue weighted by Gasteiger charge is -2.12. The van der Waals surface area contributed by atoms with Crippen LogP contribution >= 0.6 is 11.6 Å². The van der Waals surface area contributed by atoms with Crippen molar-refractivity contribution in [3.63, 3.8) is 0 Å². The fourth-order valence-corrected chi connectivity index (χ4v) is 4.90. The second-order valence-electron chi connectivity index (χ2n) is 9.76. The summed E-state index contributed by atoms with van der Waals surface area (Å²) in [6, 6.07) is 15.5. The normalized spacial score (nSPS) is 11.1. The van der Waals surface area contributed by atoms with Gasteiger partial charge in [0.2, 0.25) is 0 Å². The molecule has 0 aliphatic heterocycles. The van der Waals surface area contributed by atoms with Crippen LogP contribution in [-0.2, 0) is 0 Å². The smallest absolute Gasteiger partial charge is 0.170 e. The van der Waals surface area contributed by atoms with E-state index in [4.69, 9.17) is 17.3 Å². The predicted octanol–water partition coefficient (Wildman–Crippen LogP) is 8.62. The van der Waals surface area contributed by atoms with Gasteiger partial charge in [-0.1, -0.05) is 23.7 Å². The van der Waals surface area contributed by atoms with Gasteiger partial charge in [-0.15, -0.1) is 0 Å². The van der Waals surface area contributed by atoms with Gasteiger partial charge in [0.15, 0.2) is 11.6 Å². The highest BCUT2D eigenvalue weighted by Gasteiger charge is 2.18. The van der Waals surface area contributed by atoms with Crippen LogP contribution in [0.25, 0.3) is 44.6 Å². The molecule has 6 rings (SSSR count). The van der Waals surface area contributed by atoms with Gasteiger partial charge in [-0.3, -0.25) is 9.97 Å². The first-order valence-corrected chi connectivity index (χ1v) is 13.2. The van der Waals surface area contributed by atoms with Gasteiger partial charge in [-0.25, -0.2) is 27.5 Å². The topological polar surface area (TPSA) is 77.6 Å². The maximum Gasteiger partial charge on any atom is 0.170 e. The summed E-state index contributed by atoms with van der Waals surface area (Å²) >= 11 is 6.25. The molecule has 5 nitrogen and oxygen atoms in total. The molecular formula is C32H24ClF4N5. The summed E-state index contributed by atoms with van der Waals surface area (Å²) in [5, 5.41) is 0.381. The first-order chi connectivity index (χ1) is 20.0. The summed E-state index contributed by atoms with van der Waals surface area (Å²) in [6.07, 6.45) is 0. The Morgan fingerprint density at radius 2 is 1.19 bits per heavy atom. The number of hydrogen-bond donors (Lipinski definition) is 1. The third kappa shape index (κ3) is 5.35. The minimum absolute atomic E-state index is 0.0175. The molecule has 0 aliphatic rings. The van der Waals surface area contributed by atoms with E-state index in [0.717, 1.165) is 23.5 Å². The number of fused-ring (bicyclic) bond motifs is 2. The molecule has 0 saturated carbocycles. The highest BCUT2D eigenvalue weighted by Crippen LogP contribution is 2.35. The monoisotopic (exact) mass is 589 g/mol.